The van der Waals surface area contributed by atoms with Crippen molar-refractivity contribution in [2.24, 2.45) is 0 Å². The van der Waals surface area contributed by atoms with Crippen LogP contribution in [-0.2, 0) is 4.79 Å². The summed E-state index contributed by atoms with van der Waals surface area (Å²) in [6.07, 6.45) is 4.65. The summed E-state index contributed by atoms with van der Waals surface area (Å²) in [6, 6.07) is 14.6. The number of unbranched alkanes of at least 4 members (excludes halogenated alkanes) is 2. The monoisotopic (exact) mass is 379 g/mol. The lowest BCUT2D eigenvalue weighted by Gasteiger charge is -2.06. The molecule has 0 heterocycles. The summed E-state index contributed by atoms with van der Waals surface area (Å²) >= 11 is 0. The predicted octanol–water partition coefficient (Wildman–Crippen LogP) is 4.71. The van der Waals surface area contributed by atoms with E-state index in [0.717, 1.165) is 25.0 Å². The number of carbonyl (C=O) groups is 1. The van der Waals surface area contributed by atoms with Crippen LogP contribution < -0.4 is 10.1 Å². The first-order valence-electron chi connectivity index (χ1n) is 8.94. The molecule has 0 saturated carbocycles. The lowest BCUT2D eigenvalue weighted by molar-refractivity contribution is -0.383. The molecule has 2 aromatic carbocycles. The van der Waals surface area contributed by atoms with Crippen LogP contribution >= 0.6 is 0 Å². The maximum Gasteiger partial charge on any atom is 0.292 e. The molecule has 0 aliphatic carbocycles. The lowest BCUT2D eigenvalue weighted by atomic mass is 10.1. The molecule has 144 valence electrons. The van der Waals surface area contributed by atoms with Crippen molar-refractivity contribution in [1.82, 2.24) is 0 Å². The van der Waals surface area contributed by atoms with Gasteiger partial charge in [0.15, 0.2) is 0 Å². The number of benzene rings is 2. The van der Waals surface area contributed by atoms with Gasteiger partial charge >= 0.3 is 0 Å². The van der Waals surface area contributed by atoms with E-state index >= 15 is 0 Å². The Morgan fingerprint density at radius 3 is 2.57 bits per heavy atom. The summed E-state index contributed by atoms with van der Waals surface area (Å²) in [5.74, 6) is 0.00724. The van der Waals surface area contributed by atoms with Gasteiger partial charge in [-0.3, -0.25) is 14.9 Å². The van der Waals surface area contributed by atoms with Gasteiger partial charge in [-0.15, -0.1) is 0 Å². The fraction of sp³-hybridized carbons (Fsp3) is 0.238. The Balaban J connectivity index is 2.08. The predicted molar refractivity (Wildman–Crippen MR) is 107 cm³/mol. The van der Waals surface area contributed by atoms with Gasteiger partial charge in [0.1, 0.15) is 23.1 Å². The highest BCUT2D eigenvalue weighted by atomic mass is 16.6. The van der Waals surface area contributed by atoms with E-state index in [4.69, 9.17) is 4.74 Å². The number of nitro groups is 1. The minimum atomic E-state index is -0.711. The number of rotatable bonds is 9. The van der Waals surface area contributed by atoms with Crippen LogP contribution in [-0.4, -0.2) is 17.4 Å². The van der Waals surface area contributed by atoms with Gasteiger partial charge in [0, 0.05) is 6.07 Å². The fourth-order valence-corrected chi connectivity index (χ4v) is 2.45. The molecule has 1 N–H and O–H groups in total. The lowest BCUT2D eigenvalue weighted by Crippen LogP contribution is -2.14. The van der Waals surface area contributed by atoms with Crippen LogP contribution in [0.25, 0.3) is 6.08 Å². The maximum atomic E-state index is 12.3. The van der Waals surface area contributed by atoms with E-state index in [1.807, 2.05) is 6.07 Å². The number of nitriles is 1. The molecule has 0 bridgehead atoms. The number of ether oxygens (including phenoxy) is 1. The SMILES string of the molecule is CCCCCOc1ccc(/C=C(\C#N)C(=O)Nc2ccccc2[N+](=O)[O-])cc1. The first-order valence-corrected chi connectivity index (χ1v) is 8.94. The Labute approximate surface area is 163 Å². The molecule has 0 atom stereocenters. The first kappa shape index (κ1) is 20.6. The smallest absolute Gasteiger partial charge is 0.292 e. The van der Waals surface area contributed by atoms with Crippen LogP contribution in [0.15, 0.2) is 54.1 Å². The highest BCUT2D eigenvalue weighted by molar-refractivity contribution is 6.10. The molecule has 0 aliphatic heterocycles. The molecule has 0 unspecified atom stereocenters. The van der Waals surface area contributed by atoms with Gasteiger partial charge in [0.05, 0.1) is 11.5 Å². The van der Waals surface area contributed by atoms with E-state index in [9.17, 15) is 20.2 Å². The fourth-order valence-electron chi connectivity index (χ4n) is 2.45. The average Bonchev–Trinajstić information content (AvgIpc) is 2.70. The zero-order valence-electron chi connectivity index (χ0n) is 15.6. The van der Waals surface area contributed by atoms with Gasteiger partial charge in [-0.05, 0) is 36.3 Å². The van der Waals surface area contributed by atoms with Crippen molar-refractivity contribution in [3.8, 4) is 11.8 Å². The molecule has 0 saturated heterocycles. The number of nitrogens with zero attached hydrogens (tertiary/aromatic N) is 2. The Morgan fingerprint density at radius 1 is 1.21 bits per heavy atom. The van der Waals surface area contributed by atoms with Crippen molar-refractivity contribution in [2.75, 3.05) is 11.9 Å². The first-order chi connectivity index (χ1) is 13.5. The van der Waals surface area contributed by atoms with Crippen LogP contribution in [0.3, 0.4) is 0 Å². The zero-order valence-corrected chi connectivity index (χ0v) is 15.6. The molecular formula is C21H21N3O4. The Kier molecular flexibility index (Phi) is 7.73. The normalized spacial score (nSPS) is 10.8. The third kappa shape index (κ3) is 5.95. The summed E-state index contributed by atoms with van der Waals surface area (Å²) < 4.78 is 5.63. The minimum Gasteiger partial charge on any atom is -0.494 e. The molecule has 0 spiro atoms. The quantitative estimate of drug-likeness (QED) is 0.223. The second kappa shape index (κ2) is 10.5. The van der Waals surface area contributed by atoms with Crippen LogP contribution in [0, 0.1) is 21.4 Å². The topological polar surface area (TPSA) is 105 Å². The molecule has 2 aromatic rings. The third-order valence-electron chi connectivity index (χ3n) is 3.92. The number of nitro benzene ring substituents is 1. The summed E-state index contributed by atoms with van der Waals surface area (Å²) in [6.45, 7) is 2.77. The van der Waals surface area contributed by atoms with Crippen molar-refractivity contribution in [2.45, 2.75) is 26.2 Å². The number of anilines is 1. The van der Waals surface area contributed by atoms with Crippen LogP contribution in [0.4, 0.5) is 11.4 Å². The molecule has 0 radical (unpaired) electrons. The Morgan fingerprint density at radius 2 is 1.93 bits per heavy atom. The van der Waals surface area contributed by atoms with Gasteiger partial charge < -0.3 is 10.1 Å². The number of amides is 1. The maximum absolute atomic E-state index is 12.3. The van der Waals surface area contributed by atoms with Gasteiger partial charge in [0.2, 0.25) is 0 Å². The third-order valence-corrected chi connectivity index (χ3v) is 3.92. The van der Waals surface area contributed by atoms with E-state index < -0.39 is 10.8 Å². The molecule has 0 aliphatic rings. The molecule has 7 heteroatoms. The van der Waals surface area contributed by atoms with Gasteiger partial charge in [0.25, 0.3) is 11.6 Å². The van der Waals surface area contributed by atoms with Crippen molar-refractivity contribution < 1.29 is 14.5 Å². The van der Waals surface area contributed by atoms with E-state index in [2.05, 4.69) is 12.2 Å². The van der Waals surface area contributed by atoms with Crippen molar-refractivity contribution >= 4 is 23.4 Å². The zero-order chi connectivity index (χ0) is 20.4. The summed E-state index contributed by atoms with van der Waals surface area (Å²) in [5, 5.41) is 22.8. The molecule has 28 heavy (non-hydrogen) atoms. The largest absolute Gasteiger partial charge is 0.494 e. The summed E-state index contributed by atoms with van der Waals surface area (Å²) in [5.41, 5.74) is 0.289. The minimum absolute atomic E-state index is 0.0366. The van der Waals surface area contributed by atoms with Crippen LogP contribution in [0.5, 0.6) is 5.75 Å². The molecule has 7 nitrogen and oxygen atoms in total. The second-order valence-corrected chi connectivity index (χ2v) is 6.02. The number of hydrogen-bond donors (Lipinski definition) is 1. The average molecular weight is 379 g/mol. The van der Waals surface area contributed by atoms with Gasteiger partial charge in [-0.2, -0.15) is 5.26 Å². The number of hydrogen-bond acceptors (Lipinski definition) is 5. The number of para-hydroxylation sites is 2. The van der Waals surface area contributed by atoms with Crippen molar-refractivity contribution in [1.29, 1.82) is 5.26 Å². The summed E-state index contributed by atoms with van der Waals surface area (Å²) in [4.78, 5) is 22.8. The molecule has 2 rings (SSSR count). The second-order valence-electron chi connectivity index (χ2n) is 6.02. The Hall–Kier alpha value is -3.66. The van der Waals surface area contributed by atoms with E-state index in [-0.39, 0.29) is 16.9 Å². The van der Waals surface area contributed by atoms with Gasteiger partial charge in [-0.25, -0.2) is 0 Å². The molecule has 0 fully saturated rings. The van der Waals surface area contributed by atoms with Crippen LogP contribution in [0.1, 0.15) is 31.7 Å². The Bertz CT molecular complexity index is 899. The highest BCUT2D eigenvalue weighted by Gasteiger charge is 2.17. The van der Waals surface area contributed by atoms with E-state index in [1.54, 1.807) is 30.3 Å². The molecular weight excluding hydrogens is 358 g/mol. The number of carbonyl (C=O) groups excluding carboxylic acids is 1. The van der Waals surface area contributed by atoms with Gasteiger partial charge in [-0.1, -0.05) is 44.0 Å². The molecule has 0 aromatic heterocycles. The highest BCUT2D eigenvalue weighted by Crippen LogP contribution is 2.24. The van der Waals surface area contributed by atoms with Crippen LogP contribution in [0.2, 0.25) is 0 Å². The summed E-state index contributed by atoms with van der Waals surface area (Å²) in [7, 11) is 0. The van der Waals surface area contributed by atoms with Crippen molar-refractivity contribution in [3.63, 3.8) is 0 Å². The van der Waals surface area contributed by atoms with Crippen molar-refractivity contribution in [3.05, 3.63) is 69.8 Å². The van der Waals surface area contributed by atoms with E-state index in [1.165, 1.54) is 24.3 Å². The molecule has 1 amide bonds. The standard InChI is InChI=1S/C21H21N3O4/c1-2-3-6-13-28-18-11-9-16(10-12-18)14-17(15-22)21(25)23-19-7-4-5-8-20(19)24(26)27/h4-5,7-12,14H,2-3,6,13H2,1H3,(H,23,25)/b17-14+. The number of nitrogens with one attached hydrogen (secondary N) is 1. The van der Waals surface area contributed by atoms with E-state index in [0.29, 0.717) is 12.2 Å².